The molecule has 0 aliphatic heterocycles. The Morgan fingerprint density at radius 2 is 1.10 bits per heavy atom. The Bertz CT molecular complexity index is 852. The van der Waals surface area contributed by atoms with Gasteiger partial charge in [-0.15, -0.1) is 0 Å². The number of aliphatic imine (C=N–C) groups is 2. The number of phenolic OH excluding ortho intramolecular Hbond substituents is 2. The van der Waals surface area contributed by atoms with Crippen LogP contribution in [0.3, 0.4) is 0 Å². The van der Waals surface area contributed by atoms with Crippen LogP contribution in [-0.4, -0.2) is 29.3 Å². The Kier molecular flexibility index (Phi) is 9.29. The maximum atomic E-state index is 10.4. The van der Waals surface area contributed by atoms with Crippen LogP contribution in [0.4, 0.5) is 0 Å². The van der Waals surface area contributed by atoms with Crippen LogP contribution >= 0.6 is 0 Å². The summed E-state index contributed by atoms with van der Waals surface area (Å²) in [4.78, 5) is 8.73. The van der Waals surface area contributed by atoms with Crippen molar-refractivity contribution in [1.29, 1.82) is 0 Å². The molecule has 0 spiro atoms. The molecule has 0 aliphatic rings. The van der Waals surface area contributed by atoms with Gasteiger partial charge in [0.1, 0.15) is 18.2 Å². The second-order valence-corrected chi connectivity index (χ2v) is 9.33. The maximum absolute atomic E-state index is 10.4. The summed E-state index contributed by atoms with van der Waals surface area (Å²) in [5.41, 5.74) is 5.61. The lowest BCUT2D eigenvalue weighted by Crippen LogP contribution is -1.96. The van der Waals surface area contributed by atoms with Crippen molar-refractivity contribution in [2.24, 2.45) is 21.8 Å². The molecule has 4 nitrogen and oxygen atoms in total. The SMILES string of the molecule is Cc1cc(CCC(C)C)cc(C=NCN=Cc2cc(CCC(C)C)cc(C)c2O)c1O. The Labute approximate surface area is 187 Å². The summed E-state index contributed by atoms with van der Waals surface area (Å²) in [5.74, 6) is 1.83. The fourth-order valence-corrected chi connectivity index (χ4v) is 3.49. The minimum Gasteiger partial charge on any atom is -0.507 e. The van der Waals surface area contributed by atoms with Crippen LogP contribution in [0.25, 0.3) is 0 Å². The van der Waals surface area contributed by atoms with Gasteiger partial charge in [0.15, 0.2) is 0 Å². The van der Waals surface area contributed by atoms with Gasteiger partial charge in [-0.05, 0) is 85.8 Å². The topological polar surface area (TPSA) is 65.2 Å². The molecule has 0 saturated heterocycles. The lowest BCUT2D eigenvalue weighted by Gasteiger charge is -2.10. The molecule has 31 heavy (non-hydrogen) atoms. The monoisotopic (exact) mass is 422 g/mol. The molecule has 0 radical (unpaired) electrons. The summed E-state index contributed by atoms with van der Waals surface area (Å²) in [5, 5.41) is 20.7. The molecule has 2 aromatic carbocycles. The molecule has 168 valence electrons. The van der Waals surface area contributed by atoms with E-state index in [4.69, 9.17) is 0 Å². The first-order chi connectivity index (χ1) is 14.7. The minimum absolute atomic E-state index is 0.240. The maximum Gasteiger partial charge on any atom is 0.129 e. The third-order valence-electron chi connectivity index (χ3n) is 5.42. The van der Waals surface area contributed by atoms with E-state index < -0.39 is 0 Å². The van der Waals surface area contributed by atoms with Gasteiger partial charge >= 0.3 is 0 Å². The van der Waals surface area contributed by atoms with Crippen LogP contribution in [0.1, 0.15) is 73.9 Å². The fraction of sp³-hybridized carbons (Fsp3) is 0.481. The molecular weight excluding hydrogens is 384 g/mol. The molecule has 4 heteroatoms. The Morgan fingerprint density at radius 1 is 0.710 bits per heavy atom. The Balaban J connectivity index is 2.07. The van der Waals surface area contributed by atoms with E-state index in [1.807, 2.05) is 38.1 Å². The summed E-state index contributed by atoms with van der Waals surface area (Å²) in [6.45, 7) is 12.9. The van der Waals surface area contributed by atoms with E-state index in [-0.39, 0.29) is 18.2 Å². The van der Waals surface area contributed by atoms with Crippen LogP contribution in [-0.2, 0) is 12.8 Å². The zero-order valence-corrected chi connectivity index (χ0v) is 19.9. The highest BCUT2D eigenvalue weighted by Gasteiger charge is 2.08. The highest BCUT2D eigenvalue weighted by Crippen LogP contribution is 2.25. The van der Waals surface area contributed by atoms with Crippen molar-refractivity contribution in [3.05, 3.63) is 57.6 Å². The van der Waals surface area contributed by atoms with Crippen molar-refractivity contribution in [2.45, 2.75) is 67.2 Å². The van der Waals surface area contributed by atoms with Crippen molar-refractivity contribution < 1.29 is 10.2 Å². The van der Waals surface area contributed by atoms with Gasteiger partial charge in [0.25, 0.3) is 0 Å². The number of aromatic hydroxyl groups is 2. The molecule has 2 rings (SSSR count). The molecule has 0 fully saturated rings. The smallest absolute Gasteiger partial charge is 0.129 e. The largest absolute Gasteiger partial charge is 0.507 e. The third kappa shape index (κ3) is 7.86. The predicted octanol–water partition coefficient (Wildman–Crippen LogP) is 6.39. The third-order valence-corrected chi connectivity index (χ3v) is 5.42. The van der Waals surface area contributed by atoms with Crippen LogP contribution in [0, 0.1) is 25.7 Å². The summed E-state index contributed by atoms with van der Waals surface area (Å²) in [6.07, 6.45) is 7.58. The normalized spacial score (nSPS) is 12.1. The minimum atomic E-state index is 0.240. The number of nitrogens with zero attached hydrogens (tertiary/aromatic N) is 2. The van der Waals surface area contributed by atoms with E-state index in [2.05, 4.69) is 37.7 Å². The highest BCUT2D eigenvalue weighted by molar-refractivity contribution is 5.86. The van der Waals surface area contributed by atoms with Crippen molar-refractivity contribution >= 4 is 12.4 Å². The lowest BCUT2D eigenvalue weighted by molar-refractivity contribution is 0.469. The molecule has 0 atom stereocenters. The van der Waals surface area contributed by atoms with Crippen molar-refractivity contribution in [2.75, 3.05) is 6.67 Å². The van der Waals surface area contributed by atoms with Crippen LogP contribution in [0.2, 0.25) is 0 Å². The molecule has 2 N–H and O–H groups in total. The molecule has 0 bridgehead atoms. The summed E-state index contributed by atoms with van der Waals surface area (Å²) >= 11 is 0. The molecule has 0 aliphatic carbocycles. The van der Waals surface area contributed by atoms with E-state index in [1.54, 1.807) is 12.4 Å². The van der Waals surface area contributed by atoms with Crippen molar-refractivity contribution in [3.8, 4) is 11.5 Å². The molecule has 0 heterocycles. The predicted molar refractivity (Wildman–Crippen MR) is 132 cm³/mol. The van der Waals surface area contributed by atoms with Crippen LogP contribution in [0.15, 0.2) is 34.3 Å². The summed E-state index contributed by atoms with van der Waals surface area (Å²) < 4.78 is 0. The Hall–Kier alpha value is -2.62. The van der Waals surface area contributed by atoms with Gasteiger partial charge in [0, 0.05) is 23.6 Å². The highest BCUT2D eigenvalue weighted by atomic mass is 16.3. The van der Waals surface area contributed by atoms with Gasteiger partial charge in [-0.25, -0.2) is 0 Å². The lowest BCUT2D eigenvalue weighted by atomic mass is 9.98. The number of benzene rings is 2. The zero-order valence-electron chi connectivity index (χ0n) is 19.9. The molecule has 0 unspecified atom stereocenters. The molecule has 2 aromatic rings. The van der Waals surface area contributed by atoms with Crippen molar-refractivity contribution in [3.63, 3.8) is 0 Å². The first-order valence-corrected chi connectivity index (χ1v) is 11.3. The van der Waals surface area contributed by atoms with Crippen molar-refractivity contribution in [1.82, 2.24) is 0 Å². The van der Waals surface area contributed by atoms with E-state index in [0.29, 0.717) is 11.8 Å². The second-order valence-electron chi connectivity index (χ2n) is 9.33. The van der Waals surface area contributed by atoms with Crippen LogP contribution in [0.5, 0.6) is 11.5 Å². The van der Waals surface area contributed by atoms with Gasteiger partial charge in [0.05, 0.1) is 0 Å². The molecule has 0 amide bonds. The number of hydrogen-bond donors (Lipinski definition) is 2. The van der Waals surface area contributed by atoms with Gasteiger partial charge in [-0.1, -0.05) is 39.8 Å². The summed E-state index contributed by atoms with van der Waals surface area (Å²) in [7, 11) is 0. The number of hydrogen-bond acceptors (Lipinski definition) is 4. The average molecular weight is 423 g/mol. The average Bonchev–Trinajstić information content (AvgIpc) is 2.70. The zero-order chi connectivity index (χ0) is 23.0. The number of aryl methyl sites for hydroxylation is 4. The van der Waals surface area contributed by atoms with Gasteiger partial charge in [-0.3, -0.25) is 9.98 Å². The molecule has 0 aromatic heterocycles. The van der Waals surface area contributed by atoms with E-state index in [9.17, 15) is 10.2 Å². The number of rotatable bonds is 10. The molecule has 0 saturated carbocycles. The summed E-state index contributed by atoms with van der Waals surface area (Å²) in [6, 6.07) is 8.10. The van der Waals surface area contributed by atoms with E-state index in [0.717, 1.165) is 47.9 Å². The standard InChI is InChI=1S/C27H38N2O2/c1-18(2)7-9-22-11-20(5)26(30)24(13-22)15-28-17-29-16-25-14-23(10-8-19(3)4)12-21(6)27(25)31/h11-16,18-19,30-31H,7-10,17H2,1-6H3. The number of phenols is 2. The Morgan fingerprint density at radius 3 is 1.45 bits per heavy atom. The van der Waals surface area contributed by atoms with Gasteiger partial charge < -0.3 is 10.2 Å². The van der Waals surface area contributed by atoms with E-state index >= 15 is 0 Å². The van der Waals surface area contributed by atoms with Gasteiger partial charge in [-0.2, -0.15) is 0 Å². The second kappa shape index (κ2) is 11.7. The first kappa shape index (κ1) is 24.6. The molecular formula is C27H38N2O2. The van der Waals surface area contributed by atoms with E-state index in [1.165, 1.54) is 11.1 Å². The van der Waals surface area contributed by atoms with Crippen LogP contribution < -0.4 is 0 Å². The fourth-order valence-electron chi connectivity index (χ4n) is 3.49. The first-order valence-electron chi connectivity index (χ1n) is 11.3. The van der Waals surface area contributed by atoms with Gasteiger partial charge in [0.2, 0.25) is 0 Å². The quantitative estimate of drug-likeness (QED) is 0.436.